The summed E-state index contributed by atoms with van der Waals surface area (Å²) in [6, 6.07) is 3.95. The number of aromatic nitrogens is 2. The number of fused-ring (bicyclic) bond motifs is 1. The van der Waals surface area contributed by atoms with Crippen LogP contribution in [0.5, 0.6) is 0 Å². The van der Waals surface area contributed by atoms with Gasteiger partial charge in [0.2, 0.25) is 0 Å². The Bertz CT molecular complexity index is 578. The number of piperidine rings is 1. The van der Waals surface area contributed by atoms with E-state index in [4.69, 9.17) is 5.11 Å². The van der Waals surface area contributed by atoms with E-state index in [1.54, 1.807) is 6.20 Å². The first kappa shape index (κ1) is 11.1. The fourth-order valence-electron chi connectivity index (χ4n) is 2.72. The quantitative estimate of drug-likeness (QED) is 0.810. The highest BCUT2D eigenvalue weighted by Gasteiger charge is 2.26. The van der Waals surface area contributed by atoms with Crippen LogP contribution in [0.1, 0.15) is 24.3 Å². The zero-order valence-corrected chi connectivity index (χ0v) is 9.97. The Morgan fingerprint density at radius 2 is 2.44 bits per heavy atom. The van der Waals surface area contributed by atoms with Crippen molar-refractivity contribution in [1.82, 2.24) is 14.9 Å². The molecule has 1 unspecified atom stereocenters. The molecular formula is C13H15N3O2. The second-order valence-electron chi connectivity index (χ2n) is 4.71. The van der Waals surface area contributed by atoms with Crippen LogP contribution in [-0.4, -0.2) is 39.2 Å². The number of carbonyl (C=O) groups is 1. The first-order valence-corrected chi connectivity index (χ1v) is 6.15. The number of rotatable bonds is 1. The number of likely N-dealkylation sites (tertiary alicyclic amines) is 1. The molecular weight excluding hydrogens is 230 g/mol. The summed E-state index contributed by atoms with van der Waals surface area (Å²) in [5, 5.41) is 10.2. The fraction of sp³-hybridized carbons (Fsp3) is 0.385. The van der Waals surface area contributed by atoms with Crippen molar-refractivity contribution in [3.05, 3.63) is 30.1 Å². The van der Waals surface area contributed by atoms with Gasteiger partial charge >= 0.3 is 6.09 Å². The van der Waals surface area contributed by atoms with Gasteiger partial charge in [-0.25, -0.2) is 9.78 Å². The Hall–Kier alpha value is -2.04. The number of aromatic amines is 1. The smallest absolute Gasteiger partial charge is 0.407 e. The highest BCUT2D eigenvalue weighted by Crippen LogP contribution is 2.31. The lowest BCUT2D eigenvalue weighted by atomic mass is 9.91. The lowest BCUT2D eigenvalue weighted by molar-refractivity contribution is 0.130. The highest BCUT2D eigenvalue weighted by atomic mass is 16.4. The number of H-pyrrole nitrogens is 1. The molecule has 2 N–H and O–H groups in total. The summed E-state index contributed by atoms with van der Waals surface area (Å²) >= 11 is 0. The van der Waals surface area contributed by atoms with E-state index in [9.17, 15) is 4.79 Å². The van der Waals surface area contributed by atoms with Gasteiger partial charge in [0.25, 0.3) is 0 Å². The predicted molar refractivity (Wildman–Crippen MR) is 67.7 cm³/mol. The molecule has 2 aromatic rings. The van der Waals surface area contributed by atoms with Crippen LogP contribution in [0.3, 0.4) is 0 Å². The van der Waals surface area contributed by atoms with Gasteiger partial charge in [0.1, 0.15) is 5.65 Å². The number of carboxylic acid groups (broad SMARTS) is 1. The van der Waals surface area contributed by atoms with Gasteiger partial charge in [-0.1, -0.05) is 0 Å². The van der Waals surface area contributed by atoms with E-state index in [-0.39, 0.29) is 5.92 Å². The number of hydrogen-bond acceptors (Lipinski definition) is 2. The number of nitrogens with zero attached hydrogens (tertiary/aromatic N) is 2. The molecule has 18 heavy (non-hydrogen) atoms. The van der Waals surface area contributed by atoms with Crippen LogP contribution in [0, 0.1) is 0 Å². The van der Waals surface area contributed by atoms with Gasteiger partial charge in [-0.3, -0.25) is 0 Å². The second kappa shape index (κ2) is 4.33. The first-order chi connectivity index (χ1) is 8.75. The van der Waals surface area contributed by atoms with Crippen LogP contribution in [0.4, 0.5) is 4.79 Å². The molecule has 0 radical (unpaired) electrons. The maximum Gasteiger partial charge on any atom is 0.407 e. The standard InChI is InChI=1S/C13H15N3O2/c17-13(18)16-6-2-3-9(8-16)11-7-15-12-10(11)4-1-5-14-12/h1,4-5,7,9H,2-3,6,8H2,(H,14,15)(H,17,18). The van der Waals surface area contributed by atoms with Crippen molar-refractivity contribution in [1.29, 1.82) is 0 Å². The van der Waals surface area contributed by atoms with Gasteiger partial charge in [0.05, 0.1) is 0 Å². The van der Waals surface area contributed by atoms with Crippen molar-refractivity contribution in [2.75, 3.05) is 13.1 Å². The summed E-state index contributed by atoms with van der Waals surface area (Å²) in [5.41, 5.74) is 2.06. The molecule has 2 aromatic heterocycles. The van der Waals surface area contributed by atoms with Gasteiger partial charge in [0.15, 0.2) is 0 Å². The Morgan fingerprint density at radius 1 is 1.56 bits per heavy atom. The molecule has 5 nitrogen and oxygen atoms in total. The fourth-order valence-corrected chi connectivity index (χ4v) is 2.72. The Kier molecular flexibility index (Phi) is 2.66. The van der Waals surface area contributed by atoms with Crippen LogP contribution in [0.2, 0.25) is 0 Å². The molecule has 3 rings (SSSR count). The summed E-state index contributed by atoms with van der Waals surface area (Å²) in [6.45, 7) is 1.23. The Morgan fingerprint density at radius 3 is 3.28 bits per heavy atom. The lowest BCUT2D eigenvalue weighted by Crippen LogP contribution is -2.38. The molecule has 1 aliphatic heterocycles. The third kappa shape index (κ3) is 1.81. The average Bonchev–Trinajstić information content (AvgIpc) is 2.82. The molecule has 1 aliphatic rings. The Balaban J connectivity index is 1.92. The van der Waals surface area contributed by atoms with Crippen LogP contribution in [0.25, 0.3) is 11.0 Å². The number of nitrogens with one attached hydrogen (secondary N) is 1. The molecule has 3 heterocycles. The molecule has 5 heteroatoms. The minimum absolute atomic E-state index is 0.271. The highest BCUT2D eigenvalue weighted by molar-refractivity contribution is 5.80. The van der Waals surface area contributed by atoms with Crippen molar-refractivity contribution < 1.29 is 9.90 Å². The lowest BCUT2D eigenvalue weighted by Gasteiger charge is -2.30. The summed E-state index contributed by atoms with van der Waals surface area (Å²) in [7, 11) is 0. The van der Waals surface area contributed by atoms with Crippen molar-refractivity contribution in [3.63, 3.8) is 0 Å². The SMILES string of the molecule is O=C(O)N1CCCC(c2c[nH]c3ncccc23)C1. The van der Waals surface area contributed by atoms with Gasteiger partial charge in [-0.2, -0.15) is 0 Å². The minimum atomic E-state index is -0.822. The van der Waals surface area contributed by atoms with Crippen molar-refractivity contribution in [3.8, 4) is 0 Å². The maximum absolute atomic E-state index is 11.0. The topological polar surface area (TPSA) is 69.2 Å². The molecule has 0 saturated carbocycles. The maximum atomic E-state index is 11.0. The molecule has 94 valence electrons. The third-order valence-corrected chi connectivity index (χ3v) is 3.61. The summed E-state index contributed by atoms with van der Waals surface area (Å²) in [6.07, 6.45) is 4.86. The molecule has 1 saturated heterocycles. The van der Waals surface area contributed by atoms with E-state index in [1.807, 2.05) is 18.3 Å². The predicted octanol–water partition coefficient (Wildman–Crippen LogP) is 2.42. The summed E-state index contributed by atoms with van der Waals surface area (Å²) in [4.78, 5) is 20.0. The van der Waals surface area contributed by atoms with E-state index in [0.29, 0.717) is 13.1 Å². The first-order valence-electron chi connectivity index (χ1n) is 6.15. The van der Waals surface area contributed by atoms with E-state index >= 15 is 0 Å². The number of hydrogen-bond donors (Lipinski definition) is 2. The van der Waals surface area contributed by atoms with Gasteiger partial charge in [0, 0.05) is 36.8 Å². The van der Waals surface area contributed by atoms with Crippen molar-refractivity contribution >= 4 is 17.1 Å². The van der Waals surface area contributed by atoms with Gasteiger partial charge in [-0.05, 0) is 30.5 Å². The monoisotopic (exact) mass is 245 g/mol. The zero-order valence-electron chi connectivity index (χ0n) is 9.97. The molecule has 0 aliphatic carbocycles. The van der Waals surface area contributed by atoms with E-state index in [1.165, 1.54) is 10.5 Å². The van der Waals surface area contributed by atoms with Crippen LogP contribution < -0.4 is 0 Å². The second-order valence-corrected chi connectivity index (χ2v) is 4.71. The Labute approximate surface area is 104 Å². The molecule has 0 bridgehead atoms. The van der Waals surface area contributed by atoms with E-state index in [2.05, 4.69) is 9.97 Å². The van der Waals surface area contributed by atoms with Crippen molar-refractivity contribution in [2.45, 2.75) is 18.8 Å². The van der Waals surface area contributed by atoms with Gasteiger partial charge in [-0.15, -0.1) is 0 Å². The van der Waals surface area contributed by atoms with Crippen LogP contribution >= 0.6 is 0 Å². The van der Waals surface area contributed by atoms with Gasteiger partial charge < -0.3 is 15.0 Å². The van der Waals surface area contributed by atoms with E-state index in [0.717, 1.165) is 23.9 Å². The minimum Gasteiger partial charge on any atom is -0.465 e. The van der Waals surface area contributed by atoms with Crippen LogP contribution in [0.15, 0.2) is 24.5 Å². The average molecular weight is 245 g/mol. The third-order valence-electron chi connectivity index (χ3n) is 3.61. The zero-order chi connectivity index (χ0) is 12.5. The molecule has 1 atom stereocenters. The molecule has 0 spiro atoms. The van der Waals surface area contributed by atoms with Crippen LogP contribution in [-0.2, 0) is 0 Å². The van der Waals surface area contributed by atoms with E-state index < -0.39 is 6.09 Å². The summed E-state index contributed by atoms with van der Waals surface area (Å²) in [5.74, 6) is 0.271. The number of amides is 1. The molecule has 0 aromatic carbocycles. The normalized spacial score (nSPS) is 20.2. The molecule has 1 fully saturated rings. The van der Waals surface area contributed by atoms with Crippen molar-refractivity contribution in [2.24, 2.45) is 0 Å². The largest absolute Gasteiger partial charge is 0.465 e. The number of pyridine rings is 1. The summed E-state index contributed by atoms with van der Waals surface area (Å²) < 4.78 is 0. The molecule has 1 amide bonds.